The zero-order valence-corrected chi connectivity index (χ0v) is 9.41. The fraction of sp³-hybridized carbons (Fsp3) is 0.538. The third kappa shape index (κ3) is 1.70. The number of para-hydroxylation sites is 1. The van der Waals surface area contributed by atoms with Crippen molar-refractivity contribution in [3.8, 4) is 5.75 Å². The van der Waals surface area contributed by atoms with Crippen LogP contribution in [-0.2, 0) is 6.42 Å². The van der Waals surface area contributed by atoms with Crippen LogP contribution >= 0.6 is 0 Å². The number of hydrogen-bond acceptors (Lipinski definition) is 3. The predicted octanol–water partition coefficient (Wildman–Crippen LogP) is 1.93. The van der Waals surface area contributed by atoms with Gasteiger partial charge in [-0.15, -0.1) is 0 Å². The zero-order chi connectivity index (χ0) is 11.0. The van der Waals surface area contributed by atoms with Gasteiger partial charge in [0.05, 0.1) is 12.6 Å². The molecule has 0 saturated heterocycles. The highest BCUT2D eigenvalue weighted by Gasteiger charge is 2.34. The molecule has 86 valence electrons. The Hall–Kier alpha value is -1.06. The maximum absolute atomic E-state index is 5.82. The van der Waals surface area contributed by atoms with E-state index in [1.54, 1.807) is 0 Å². The Bertz CT molecular complexity index is 388. The number of nitrogens with one attached hydrogen (secondary N) is 1. The second-order valence-corrected chi connectivity index (χ2v) is 4.77. The van der Waals surface area contributed by atoms with Gasteiger partial charge in [0.1, 0.15) is 5.75 Å². The SMILES string of the molecule is NNC(c1cccc2c1OCCC2)C1CC1. The van der Waals surface area contributed by atoms with Gasteiger partial charge < -0.3 is 4.74 Å². The molecule has 3 heteroatoms. The van der Waals surface area contributed by atoms with E-state index >= 15 is 0 Å². The van der Waals surface area contributed by atoms with Crippen molar-refractivity contribution in [2.75, 3.05) is 6.61 Å². The Morgan fingerprint density at radius 2 is 2.25 bits per heavy atom. The summed E-state index contributed by atoms with van der Waals surface area (Å²) in [4.78, 5) is 0. The lowest BCUT2D eigenvalue weighted by Crippen LogP contribution is -2.30. The first-order valence-electron chi connectivity index (χ1n) is 6.11. The largest absolute Gasteiger partial charge is 0.493 e. The summed E-state index contributed by atoms with van der Waals surface area (Å²) in [6.45, 7) is 0.839. The molecule has 16 heavy (non-hydrogen) atoms. The highest BCUT2D eigenvalue weighted by molar-refractivity contribution is 5.45. The maximum Gasteiger partial charge on any atom is 0.127 e. The van der Waals surface area contributed by atoms with E-state index in [4.69, 9.17) is 10.6 Å². The number of rotatable bonds is 3. The van der Waals surface area contributed by atoms with E-state index in [-0.39, 0.29) is 6.04 Å². The minimum absolute atomic E-state index is 0.271. The molecule has 1 saturated carbocycles. The molecule has 0 radical (unpaired) electrons. The van der Waals surface area contributed by atoms with Crippen LogP contribution in [0.25, 0.3) is 0 Å². The third-order valence-electron chi connectivity index (χ3n) is 3.57. The molecule has 1 aromatic rings. The fourth-order valence-corrected chi connectivity index (χ4v) is 2.57. The van der Waals surface area contributed by atoms with Gasteiger partial charge in [-0.2, -0.15) is 0 Å². The topological polar surface area (TPSA) is 47.3 Å². The summed E-state index contributed by atoms with van der Waals surface area (Å²) in [5.74, 6) is 7.46. The van der Waals surface area contributed by atoms with E-state index in [2.05, 4.69) is 23.6 Å². The maximum atomic E-state index is 5.82. The molecule has 0 spiro atoms. The van der Waals surface area contributed by atoms with Gasteiger partial charge in [-0.3, -0.25) is 11.3 Å². The van der Waals surface area contributed by atoms with Crippen LogP contribution in [0, 0.1) is 5.92 Å². The molecule has 3 nitrogen and oxygen atoms in total. The van der Waals surface area contributed by atoms with Crippen molar-refractivity contribution < 1.29 is 4.74 Å². The average molecular weight is 218 g/mol. The lowest BCUT2D eigenvalue weighted by Gasteiger charge is -2.24. The molecule has 1 heterocycles. The summed E-state index contributed by atoms with van der Waals surface area (Å²) in [6.07, 6.45) is 4.81. The van der Waals surface area contributed by atoms with Crippen LogP contribution in [-0.4, -0.2) is 6.61 Å². The lowest BCUT2D eigenvalue weighted by molar-refractivity contribution is 0.280. The number of aryl methyl sites for hydroxylation is 1. The zero-order valence-electron chi connectivity index (χ0n) is 9.41. The van der Waals surface area contributed by atoms with Crippen molar-refractivity contribution in [3.63, 3.8) is 0 Å². The van der Waals surface area contributed by atoms with Gasteiger partial charge in [0.2, 0.25) is 0 Å². The van der Waals surface area contributed by atoms with Gasteiger partial charge in [-0.1, -0.05) is 18.2 Å². The van der Waals surface area contributed by atoms with Crippen molar-refractivity contribution in [2.45, 2.75) is 31.7 Å². The van der Waals surface area contributed by atoms with Crippen LogP contribution in [0.3, 0.4) is 0 Å². The molecule has 1 aliphatic heterocycles. The fourth-order valence-electron chi connectivity index (χ4n) is 2.57. The first kappa shape index (κ1) is 10.1. The van der Waals surface area contributed by atoms with Crippen LogP contribution in [0.5, 0.6) is 5.75 Å². The van der Waals surface area contributed by atoms with Gasteiger partial charge in [-0.25, -0.2) is 0 Å². The van der Waals surface area contributed by atoms with E-state index < -0.39 is 0 Å². The molecule has 1 aromatic carbocycles. The van der Waals surface area contributed by atoms with Crippen molar-refractivity contribution in [3.05, 3.63) is 29.3 Å². The van der Waals surface area contributed by atoms with Gasteiger partial charge in [0, 0.05) is 5.56 Å². The van der Waals surface area contributed by atoms with E-state index in [0.29, 0.717) is 5.92 Å². The van der Waals surface area contributed by atoms with Crippen LogP contribution in [0.2, 0.25) is 0 Å². The van der Waals surface area contributed by atoms with Gasteiger partial charge >= 0.3 is 0 Å². The monoisotopic (exact) mass is 218 g/mol. The first-order valence-corrected chi connectivity index (χ1v) is 6.11. The third-order valence-corrected chi connectivity index (χ3v) is 3.57. The highest BCUT2D eigenvalue weighted by atomic mass is 16.5. The minimum atomic E-state index is 0.271. The van der Waals surface area contributed by atoms with Gasteiger partial charge in [0.25, 0.3) is 0 Å². The Morgan fingerprint density at radius 1 is 1.38 bits per heavy atom. The normalized spacial score (nSPS) is 21.1. The standard InChI is InChI=1S/C13H18N2O/c14-15-12(9-6-7-9)11-5-1-3-10-4-2-8-16-13(10)11/h1,3,5,9,12,15H,2,4,6-8,14H2. The van der Waals surface area contributed by atoms with E-state index in [0.717, 1.165) is 25.2 Å². The Labute approximate surface area is 95.9 Å². The predicted molar refractivity (Wildman–Crippen MR) is 63.0 cm³/mol. The van der Waals surface area contributed by atoms with Crippen molar-refractivity contribution in [1.29, 1.82) is 0 Å². The number of fused-ring (bicyclic) bond motifs is 1. The molecule has 0 aromatic heterocycles. The molecule has 2 aliphatic rings. The van der Waals surface area contributed by atoms with Crippen molar-refractivity contribution in [1.82, 2.24) is 5.43 Å². The second kappa shape index (κ2) is 4.07. The lowest BCUT2D eigenvalue weighted by atomic mass is 9.96. The molecule has 1 fully saturated rings. The number of benzene rings is 1. The average Bonchev–Trinajstić information content (AvgIpc) is 3.15. The van der Waals surface area contributed by atoms with Gasteiger partial charge in [0.15, 0.2) is 0 Å². The molecule has 1 atom stereocenters. The number of hydrogen-bond donors (Lipinski definition) is 2. The number of nitrogens with two attached hydrogens (primary N) is 1. The summed E-state index contributed by atoms with van der Waals surface area (Å²) in [6, 6.07) is 6.70. The summed E-state index contributed by atoms with van der Waals surface area (Å²) < 4.78 is 5.82. The summed E-state index contributed by atoms with van der Waals surface area (Å²) >= 11 is 0. The van der Waals surface area contributed by atoms with Crippen LogP contribution < -0.4 is 16.0 Å². The first-order chi connectivity index (χ1) is 7.90. The van der Waals surface area contributed by atoms with Crippen LogP contribution in [0.4, 0.5) is 0 Å². The molecule has 1 unspecified atom stereocenters. The smallest absolute Gasteiger partial charge is 0.127 e. The van der Waals surface area contributed by atoms with Crippen LogP contribution in [0.1, 0.15) is 36.4 Å². The molecule has 1 aliphatic carbocycles. The van der Waals surface area contributed by atoms with Crippen LogP contribution in [0.15, 0.2) is 18.2 Å². The number of hydrazine groups is 1. The molecule has 3 N–H and O–H groups in total. The Morgan fingerprint density at radius 3 is 3.00 bits per heavy atom. The second-order valence-electron chi connectivity index (χ2n) is 4.77. The van der Waals surface area contributed by atoms with E-state index in [9.17, 15) is 0 Å². The minimum Gasteiger partial charge on any atom is -0.493 e. The summed E-state index contributed by atoms with van der Waals surface area (Å²) in [7, 11) is 0. The van der Waals surface area contributed by atoms with Crippen molar-refractivity contribution >= 4 is 0 Å². The summed E-state index contributed by atoms with van der Waals surface area (Å²) in [5, 5.41) is 0. The number of ether oxygens (including phenoxy) is 1. The molecular formula is C13H18N2O. The Balaban J connectivity index is 1.98. The molecule has 3 rings (SSSR count). The van der Waals surface area contributed by atoms with Gasteiger partial charge in [-0.05, 0) is 37.2 Å². The Kier molecular flexibility index (Phi) is 2.58. The molecule has 0 bridgehead atoms. The van der Waals surface area contributed by atoms with Crippen molar-refractivity contribution in [2.24, 2.45) is 11.8 Å². The van der Waals surface area contributed by atoms with E-state index in [1.165, 1.54) is 24.0 Å². The molecule has 0 amide bonds. The molecular weight excluding hydrogens is 200 g/mol. The highest BCUT2D eigenvalue weighted by Crippen LogP contribution is 2.44. The quantitative estimate of drug-likeness (QED) is 0.602. The van der Waals surface area contributed by atoms with E-state index in [1.807, 2.05) is 0 Å². The summed E-state index contributed by atoms with van der Waals surface area (Å²) in [5.41, 5.74) is 5.54.